The number of nitriles is 1. The van der Waals surface area contributed by atoms with Gasteiger partial charge in [-0.2, -0.15) is 23.5 Å². The Balaban J connectivity index is 1.72. The molecule has 6 nitrogen and oxygen atoms in total. The minimum atomic E-state index is -4.88. The highest BCUT2D eigenvalue weighted by atomic mass is 35.5. The monoisotopic (exact) mass is 594 g/mol. The highest BCUT2D eigenvalue weighted by molar-refractivity contribution is 6.32. The number of anilines is 1. The van der Waals surface area contributed by atoms with E-state index in [4.69, 9.17) is 16.9 Å². The molecule has 0 fully saturated rings. The Morgan fingerprint density at radius 3 is 2.32 bits per heavy atom. The van der Waals surface area contributed by atoms with Crippen molar-refractivity contribution < 1.29 is 35.9 Å². The summed E-state index contributed by atoms with van der Waals surface area (Å²) in [5.41, 5.74) is -0.627. The van der Waals surface area contributed by atoms with Gasteiger partial charge < -0.3 is 10.1 Å². The normalized spacial score (nSPS) is 17.1. The number of rotatable bonds is 7. The molecule has 1 unspecified atom stereocenters. The number of nitrogens with one attached hydrogen (secondary N) is 1. The number of hydrogen-bond acceptors (Lipinski definition) is 4. The minimum absolute atomic E-state index is 0.0302. The molecule has 0 aliphatic carbocycles. The first-order valence-corrected chi connectivity index (χ1v) is 12.5. The van der Waals surface area contributed by atoms with E-state index in [-0.39, 0.29) is 29.9 Å². The predicted molar refractivity (Wildman–Crippen MR) is 139 cm³/mol. The first kappa shape index (κ1) is 29.7. The maximum atomic E-state index is 13.4. The predicted octanol–water partition coefficient (Wildman–Crippen LogP) is 8.14. The Morgan fingerprint density at radius 1 is 1.05 bits per heavy atom. The molecule has 4 rings (SSSR count). The van der Waals surface area contributed by atoms with Crippen molar-refractivity contribution in [3.05, 3.63) is 94.5 Å². The summed E-state index contributed by atoms with van der Waals surface area (Å²) in [6, 6.07) is 18.0. The summed E-state index contributed by atoms with van der Waals surface area (Å²) in [7, 11) is 0. The molecule has 0 bridgehead atoms. The van der Waals surface area contributed by atoms with Gasteiger partial charge in [-0.25, -0.2) is 9.80 Å². The minimum Gasteiger partial charge on any atom is -0.406 e. The first-order valence-electron chi connectivity index (χ1n) is 12.2. The molecule has 0 aromatic heterocycles. The Kier molecular flexibility index (Phi) is 8.49. The molecular formula is C28H21ClF6N4O2. The molecule has 41 heavy (non-hydrogen) atoms. The van der Waals surface area contributed by atoms with E-state index in [0.717, 1.165) is 34.8 Å². The number of hydrazone groups is 1. The van der Waals surface area contributed by atoms with Crippen molar-refractivity contribution in [2.75, 3.05) is 11.9 Å². The average molecular weight is 595 g/mol. The van der Waals surface area contributed by atoms with Crippen LogP contribution in [0.3, 0.4) is 0 Å². The van der Waals surface area contributed by atoms with E-state index >= 15 is 0 Å². The van der Waals surface area contributed by atoms with Crippen LogP contribution in [0.1, 0.15) is 36.0 Å². The molecule has 0 spiro atoms. The van der Waals surface area contributed by atoms with Crippen molar-refractivity contribution in [1.82, 2.24) is 5.01 Å². The van der Waals surface area contributed by atoms with E-state index in [9.17, 15) is 31.1 Å². The molecule has 3 aromatic carbocycles. The van der Waals surface area contributed by atoms with Crippen molar-refractivity contribution in [2.24, 2.45) is 5.10 Å². The van der Waals surface area contributed by atoms with Crippen molar-refractivity contribution in [1.29, 1.82) is 5.26 Å². The van der Waals surface area contributed by atoms with Gasteiger partial charge in [0.05, 0.1) is 34.3 Å². The number of carbonyl (C=O) groups excluding carboxylic acids is 1. The number of hydrogen-bond donors (Lipinski definition) is 1. The van der Waals surface area contributed by atoms with Crippen LogP contribution in [0.15, 0.2) is 77.9 Å². The lowest BCUT2D eigenvalue weighted by Crippen LogP contribution is -2.41. The highest BCUT2D eigenvalue weighted by Gasteiger charge is 2.46. The summed E-state index contributed by atoms with van der Waals surface area (Å²) in [5, 5.41) is 16.8. The number of unbranched alkanes of at least 4 members (excludes halogenated alkanes) is 1. The van der Waals surface area contributed by atoms with Crippen LogP contribution in [-0.4, -0.2) is 29.7 Å². The molecule has 1 atom stereocenters. The molecule has 214 valence electrons. The zero-order valence-corrected chi connectivity index (χ0v) is 21.8. The van der Waals surface area contributed by atoms with Gasteiger partial charge in [0, 0.05) is 17.7 Å². The van der Waals surface area contributed by atoms with Gasteiger partial charge in [0.2, 0.25) is 0 Å². The Morgan fingerprint density at radius 2 is 1.73 bits per heavy atom. The summed E-state index contributed by atoms with van der Waals surface area (Å²) in [6.45, 7) is -0.0302. The zero-order chi connectivity index (χ0) is 29.8. The largest absolute Gasteiger partial charge is 0.573 e. The summed E-state index contributed by atoms with van der Waals surface area (Å²) in [4.78, 5) is 13.3. The van der Waals surface area contributed by atoms with E-state index in [1.54, 1.807) is 30.3 Å². The maximum absolute atomic E-state index is 13.4. The lowest BCUT2D eigenvalue weighted by atomic mass is 9.71. The van der Waals surface area contributed by atoms with Crippen LogP contribution in [0, 0.1) is 11.3 Å². The van der Waals surface area contributed by atoms with Crippen LogP contribution in [-0.2, 0) is 11.6 Å². The second-order valence-corrected chi connectivity index (χ2v) is 9.57. The fourth-order valence-electron chi connectivity index (χ4n) is 4.65. The molecule has 1 heterocycles. The Labute approximate surface area is 235 Å². The van der Waals surface area contributed by atoms with Crippen LogP contribution in [0.25, 0.3) is 0 Å². The van der Waals surface area contributed by atoms with E-state index < -0.39 is 40.3 Å². The summed E-state index contributed by atoms with van der Waals surface area (Å²) < 4.78 is 81.4. The Bertz CT molecular complexity index is 1470. The standard InChI is InChI=1S/C28H21ClF6N4O2/c29-23-16-18(8-13-22(23)27(30,31)32)24-26(14-4-5-15-36,19-6-2-1-3-7-19)17-39(38-24)25(40)37-20-9-11-21(12-10-20)41-28(33,34)35/h1-3,6-13,16H,4-5,14,17H2,(H,37,40). The van der Waals surface area contributed by atoms with Gasteiger partial charge in [-0.3, -0.25) is 0 Å². The highest BCUT2D eigenvalue weighted by Crippen LogP contribution is 2.42. The van der Waals surface area contributed by atoms with E-state index in [1.165, 1.54) is 18.2 Å². The average Bonchev–Trinajstić information content (AvgIpc) is 3.30. The fourth-order valence-corrected chi connectivity index (χ4v) is 4.94. The lowest BCUT2D eigenvalue weighted by Gasteiger charge is -2.32. The third kappa shape index (κ3) is 6.92. The molecular weight excluding hydrogens is 574 g/mol. The molecule has 0 radical (unpaired) electrons. The van der Waals surface area contributed by atoms with Crippen molar-refractivity contribution in [3.8, 4) is 11.8 Å². The van der Waals surface area contributed by atoms with Crippen LogP contribution in [0.5, 0.6) is 5.75 Å². The third-order valence-electron chi connectivity index (χ3n) is 6.43. The van der Waals surface area contributed by atoms with Gasteiger partial charge in [-0.1, -0.05) is 48.0 Å². The summed E-state index contributed by atoms with van der Waals surface area (Å²) in [6.07, 6.45) is -8.64. The lowest BCUT2D eigenvalue weighted by molar-refractivity contribution is -0.274. The first-order chi connectivity index (χ1) is 19.3. The second-order valence-electron chi connectivity index (χ2n) is 9.16. The van der Waals surface area contributed by atoms with Crippen LogP contribution >= 0.6 is 11.6 Å². The number of ether oxygens (including phenoxy) is 1. The van der Waals surface area contributed by atoms with Crippen molar-refractivity contribution in [2.45, 2.75) is 37.2 Å². The number of nitrogens with zero attached hydrogens (tertiary/aromatic N) is 3. The van der Waals surface area contributed by atoms with Gasteiger partial charge in [-0.05, 0) is 54.8 Å². The number of amides is 2. The third-order valence-corrected chi connectivity index (χ3v) is 6.75. The summed E-state index contributed by atoms with van der Waals surface area (Å²) in [5.74, 6) is -0.475. The second kappa shape index (κ2) is 11.7. The molecule has 0 saturated heterocycles. The summed E-state index contributed by atoms with van der Waals surface area (Å²) >= 11 is 6.03. The van der Waals surface area contributed by atoms with Gasteiger partial charge in [0.15, 0.2) is 0 Å². The van der Waals surface area contributed by atoms with E-state index in [0.29, 0.717) is 12.8 Å². The van der Waals surface area contributed by atoms with E-state index in [2.05, 4.69) is 21.2 Å². The molecule has 0 saturated carbocycles. The van der Waals surface area contributed by atoms with Gasteiger partial charge in [-0.15, -0.1) is 13.2 Å². The maximum Gasteiger partial charge on any atom is 0.573 e. The van der Waals surface area contributed by atoms with Gasteiger partial charge in [0.1, 0.15) is 5.75 Å². The van der Waals surface area contributed by atoms with E-state index in [1.807, 2.05) is 0 Å². The molecule has 1 aliphatic rings. The van der Waals surface area contributed by atoms with Crippen LogP contribution < -0.4 is 10.1 Å². The number of urea groups is 1. The van der Waals surface area contributed by atoms with Crippen molar-refractivity contribution >= 4 is 29.0 Å². The smallest absolute Gasteiger partial charge is 0.406 e. The number of alkyl halides is 6. The molecule has 3 aromatic rings. The Hall–Kier alpha value is -4.24. The molecule has 2 amide bonds. The van der Waals surface area contributed by atoms with Crippen LogP contribution in [0.4, 0.5) is 36.8 Å². The topological polar surface area (TPSA) is 77.7 Å². The fraction of sp³-hybridized carbons (Fsp3) is 0.250. The van der Waals surface area contributed by atoms with Gasteiger partial charge >= 0.3 is 18.6 Å². The van der Waals surface area contributed by atoms with Crippen LogP contribution in [0.2, 0.25) is 5.02 Å². The number of carbonyl (C=O) groups is 1. The van der Waals surface area contributed by atoms with Crippen molar-refractivity contribution in [3.63, 3.8) is 0 Å². The molecule has 1 aliphatic heterocycles. The quantitative estimate of drug-likeness (QED) is 0.222. The zero-order valence-electron chi connectivity index (χ0n) is 21.1. The molecule has 13 heteroatoms. The number of halogens is 7. The SMILES string of the molecule is N#CCCCC1(c2ccccc2)CN(C(=O)Nc2ccc(OC(F)(F)F)cc2)N=C1c1ccc(C(F)(F)F)c(Cl)c1. The molecule has 1 N–H and O–H groups in total. The van der Waals surface area contributed by atoms with Gasteiger partial charge in [0.25, 0.3) is 0 Å². The number of benzene rings is 3.